The Hall–Kier alpha value is -0.0800. The smallest absolute Gasteiger partial charge is 0.0865 e. The summed E-state index contributed by atoms with van der Waals surface area (Å²) in [6.07, 6.45) is 7.49. The fourth-order valence-electron chi connectivity index (χ4n) is 1.59. The Morgan fingerprint density at radius 1 is 1.10 bits per heavy atom. The van der Waals surface area contributed by atoms with Crippen molar-refractivity contribution >= 4 is 0 Å². The second-order valence-corrected chi connectivity index (χ2v) is 3.48. The molecule has 0 unspecified atom stereocenters. The summed E-state index contributed by atoms with van der Waals surface area (Å²) in [6, 6.07) is 0. The van der Waals surface area contributed by atoms with Crippen LogP contribution in [-0.2, 0) is 4.84 Å². The van der Waals surface area contributed by atoms with Crippen molar-refractivity contribution in [3.63, 3.8) is 0 Å². The fraction of sp³-hybridized carbons (Fsp3) is 1.00. The summed E-state index contributed by atoms with van der Waals surface area (Å²) >= 11 is 0. The summed E-state index contributed by atoms with van der Waals surface area (Å²) in [5, 5.41) is 0. The number of hydrogen-bond donors (Lipinski definition) is 1. The third kappa shape index (κ3) is 1.96. The normalized spacial score (nSPS) is 25.8. The van der Waals surface area contributed by atoms with Gasteiger partial charge in [-0.25, -0.2) is 5.90 Å². The monoisotopic (exact) mass is 143 g/mol. The van der Waals surface area contributed by atoms with E-state index in [-0.39, 0.29) is 5.60 Å². The average molecular weight is 143 g/mol. The van der Waals surface area contributed by atoms with Gasteiger partial charge in [-0.1, -0.05) is 25.7 Å². The minimum Gasteiger partial charge on any atom is -0.298 e. The molecule has 2 nitrogen and oxygen atoms in total. The maximum atomic E-state index is 5.21. The minimum absolute atomic E-state index is 0.0174. The molecule has 1 saturated carbocycles. The predicted molar refractivity (Wildman–Crippen MR) is 41.4 cm³/mol. The van der Waals surface area contributed by atoms with Gasteiger partial charge >= 0.3 is 0 Å². The van der Waals surface area contributed by atoms with Crippen molar-refractivity contribution in [2.24, 2.45) is 5.90 Å². The van der Waals surface area contributed by atoms with Crippen LogP contribution in [0.5, 0.6) is 0 Å². The molecule has 1 aliphatic rings. The Kier molecular flexibility index (Phi) is 2.69. The summed E-state index contributed by atoms with van der Waals surface area (Å²) in [5.41, 5.74) is -0.0174. The van der Waals surface area contributed by atoms with E-state index in [4.69, 9.17) is 10.7 Å². The number of hydrogen-bond acceptors (Lipinski definition) is 2. The van der Waals surface area contributed by atoms with Crippen molar-refractivity contribution in [3.8, 4) is 0 Å². The molecule has 0 aliphatic heterocycles. The average Bonchev–Trinajstić information content (AvgIpc) is 2.15. The molecule has 0 aromatic heterocycles. The second kappa shape index (κ2) is 3.35. The van der Waals surface area contributed by atoms with Gasteiger partial charge in [0.05, 0.1) is 5.60 Å². The maximum absolute atomic E-state index is 5.21. The standard InChI is InChI=1S/C8H17NO/c1-8(10-9)6-4-2-3-5-7-8/h2-7,9H2,1H3. The molecular weight excluding hydrogens is 126 g/mol. The molecule has 2 heteroatoms. The Balaban J connectivity index is 2.41. The first kappa shape index (κ1) is 8.02. The highest BCUT2D eigenvalue weighted by Crippen LogP contribution is 2.28. The van der Waals surface area contributed by atoms with E-state index in [1.54, 1.807) is 0 Å². The van der Waals surface area contributed by atoms with Crippen molar-refractivity contribution in [2.45, 2.75) is 51.0 Å². The van der Waals surface area contributed by atoms with Crippen LogP contribution in [0.2, 0.25) is 0 Å². The Morgan fingerprint density at radius 2 is 1.60 bits per heavy atom. The van der Waals surface area contributed by atoms with Crippen LogP contribution >= 0.6 is 0 Å². The molecule has 0 saturated heterocycles. The van der Waals surface area contributed by atoms with Crippen LogP contribution < -0.4 is 5.90 Å². The van der Waals surface area contributed by atoms with E-state index in [0.29, 0.717) is 0 Å². The quantitative estimate of drug-likeness (QED) is 0.450. The van der Waals surface area contributed by atoms with Gasteiger partial charge in [-0.3, -0.25) is 4.84 Å². The van der Waals surface area contributed by atoms with Crippen LogP contribution in [0.25, 0.3) is 0 Å². The molecule has 1 aliphatic carbocycles. The highest BCUT2D eigenvalue weighted by molar-refractivity contribution is 4.76. The van der Waals surface area contributed by atoms with Crippen molar-refractivity contribution in [1.82, 2.24) is 0 Å². The topological polar surface area (TPSA) is 35.2 Å². The summed E-state index contributed by atoms with van der Waals surface area (Å²) in [5.74, 6) is 5.21. The van der Waals surface area contributed by atoms with Crippen molar-refractivity contribution in [2.75, 3.05) is 0 Å². The third-order valence-electron chi connectivity index (χ3n) is 2.45. The molecule has 10 heavy (non-hydrogen) atoms. The van der Waals surface area contributed by atoms with Crippen molar-refractivity contribution in [3.05, 3.63) is 0 Å². The van der Waals surface area contributed by atoms with Gasteiger partial charge in [0.25, 0.3) is 0 Å². The molecule has 0 atom stereocenters. The van der Waals surface area contributed by atoms with Crippen LogP contribution in [0.15, 0.2) is 0 Å². The molecule has 1 fully saturated rings. The van der Waals surface area contributed by atoms with Gasteiger partial charge < -0.3 is 0 Å². The van der Waals surface area contributed by atoms with Crippen LogP contribution in [0.4, 0.5) is 0 Å². The van der Waals surface area contributed by atoms with Gasteiger partial charge in [0.15, 0.2) is 0 Å². The Labute approximate surface area is 62.7 Å². The first-order valence-electron chi connectivity index (χ1n) is 4.15. The molecule has 0 amide bonds. The molecule has 1 rings (SSSR count). The summed E-state index contributed by atoms with van der Waals surface area (Å²) in [4.78, 5) is 4.96. The van der Waals surface area contributed by atoms with Crippen LogP contribution in [0.1, 0.15) is 45.4 Å². The first-order valence-corrected chi connectivity index (χ1v) is 4.15. The molecule has 0 heterocycles. The van der Waals surface area contributed by atoms with Crippen LogP contribution in [-0.4, -0.2) is 5.60 Å². The Morgan fingerprint density at radius 3 is 2.00 bits per heavy atom. The van der Waals surface area contributed by atoms with Gasteiger partial charge in [0.2, 0.25) is 0 Å². The molecule has 60 valence electrons. The zero-order valence-electron chi connectivity index (χ0n) is 6.73. The lowest BCUT2D eigenvalue weighted by Gasteiger charge is -2.24. The third-order valence-corrected chi connectivity index (χ3v) is 2.45. The zero-order chi connectivity index (χ0) is 7.45. The largest absolute Gasteiger partial charge is 0.298 e. The van der Waals surface area contributed by atoms with Gasteiger partial charge in [-0.2, -0.15) is 0 Å². The number of rotatable bonds is 1. The van der Waals surface area contributed by atoms with E-state index in [1.165, 1.54) is 25.7 Å². The van der Waals surface area contributed by atoms with E-state index >= 15 is 0 Å². The van der Waals surface area contributed by atoms with Crippen molar-refractivity contribution < 1.29 is 4.84 Å². The SMILES string of the molecule is CC1(ON)CCCCCC1. The van der Waals surface area contributed by atoms with Crippen LogP contribution in [0.3, 0.4) is 0 Å². The molecule has 0 aromatic rings. The number of nitrogens with two attached hydrogens (primary N) is 1. The van der Waals surface area contributed by atoms with E-state index in [0.717, 1.165) is 12.8 Å². The van der Waals surface area contributed by atoms with Gasteiger partial charge in [0.1, 0.15) is 0 Å². The lowest BCUT2D eigenvalue weighted by atomic mass is 9.97. The fourth-order valence-corrected chi connectivity index (χ4v) is 1.59. The molecule has 0 radical (unpaired) electrons. The molecule has 2 N–H and O–H groups in total. The highest BCUT2D eigenvalue weighted by atomic mass is 16.6. The highest BCUT2D eigenvalue weighted by Gasteiger charge is 2.25. The molecule has 0 aromatic carbocycles. The summed E-state index contributed by atoms with van der Waals surface area (Å²) < 4.78 is 0. The zero-order valence-corrected chi connectivity index (χ0v) is 6.73. The Bertz CT molecular complexity index is 95.4. The minimum atomic E-state index is -0.0174. The van der Waals surface area contributed by atoms with Crippen molar-refractivity contribution in [1.29, 1.82) is 0 Å². The first-order chi connectivity index (χ1) is 4.77. The van der Waals surface area contributed by atoms with Gasteiger partial charge in [-0.05, 0) is 19.8 Å². The lowest BCUT2D eigenvalue weighted by molar-refractivity contribution is -0.0443. The van der Waals surface area contributed by atoms with Gasteiger partial charge in [-0.15, -0.1) is 0 Å². The summed E-state index contributed by atoms with van der Waals surface area (Å²) in [6.45, 7) is 2.11. The molecule has 0 spiro atoms. The van der Waals surface area contributed by atoms with E-state index in [9.17, 15) is 0 Å². The lowest BCUT2D eigenvalue weighted by Crippen LogP contribution is -2.30. The van der Waals surface area contributed by atoms with E-state index in [1.807, 2.05) is 0 Å². The van der Waals surface area contributed by atoms with E-state index < -0.39 is 0 Å². The predicted octanol–water partition coefficient (Wildman–Crippen LogP) is 1.99. The second-order valence-electron chi connectivity index (χ2n) is 3.48. The van der Waals surface area contributed by atoms with E-state index in [2.05, 4.69) is 6.92 Å². The molecule has 0 bridgehead atoms. The summed E-state index contributed by atoms with van der Waals surface area (Å²) in [7, 11) is 0. The van der Waals surface area contributed by atoms with Crippen LogP contribution in [0, 0.1) is 0 Å². The van der Waals surface area contributed by atoms with Gasteiger partial charge in [0, 0.05) is 0 Å². The molecular formula is C8H17NO. The maximum Gasteiger partial charge on any atom is 0.0865 e.